The lowest BCUT2D eigenvalue weighted by Gasteiger charge is -2.42. The molecule has 0 spiro atoms. The zero-order valence-corrected chi connectivity index (χ0v) is 41.4. The van der Waals surface area contributed by atoms with Gasteiger partial charge in [-0.25, -0.2) is 0 Å². The Morgan fingerprint density at radius 1 is 0.493 bits per heavy atom. The molecule has 67 heavy (non-hydrogen) atoms. The molecule has 0 aromatic rings. The van der Waals surface area contributed by atoms with E-state index in [4.69, 9.17) is 28.4 Å². The zero-order chi connectivity index (χ0) is 48.7. The van der Waals surface area contributed by atoms with Gasteiger partial charge in [0.2, 0.25) is 0 Å². The average molecular weight is 955 g/mol. The van der Waals surface area contributed by atoms with Crippen LogP contribution < -0.4 is 0 Å². The van der Waals surface area contributed by atoms with E-state index in [9.17, 15) is 40.5 Å². The summed E-state index contributed by atoms with van der Waals surface area (Å²) in [5, 5.41) is 72.1. The molecule has 0 saturated carbocycles. The van der Waals surface area contributed by atoms with Crippen molar-refractivity contribution < 1.29 is 69.0 Å². The Kier molecular flexibility index (Phi) is 37.1. The van der Waals surface area contributed by atoms with Gasteiger partial charge in [-0.1, -0.05) is 146 Å². The lowest BCUT2D eigenvalue weighted by molar-refractivity contribution is -0.332. The minimum absolute atomic E-state index is 0.0476. The fraction of sp³-hybridized carbons (Fsp3) is 0.830. The number of aliphatic hydroxyl groups excluding tert-OH is 7. The lowest BCUT2D eigenvalue weighted by atomic mass is 9.98. The maximum absolute atomic E-state index is 13.0. The second-order valence-corrected chi connectivity index (χ2v) is 18.3. The average Bonchev–Trinajstić information content (AvgIpc) is 3.32. The normalized spacial score (nSPS) is 26.5. The van der Waals surface area contributed by atoms with Crippen LogP contribution in [-0.4, -0.2) is 142 Å². The Morgan fingerprint density at radius 2 is 0.925 bits per heavy atom. The number of carbonyl (C=O) groups excluding carboxylic acids is 1. The molecular formula is C53H94O14. The van der Waals surface area contributed by atoms with Crippen LogP contribution in [0.25, 0.3) is 0 Å². The van der Waals surface area contributed by atoms with E-state index >= 15 is 0 Å². The first-order valence-electron chi connectivity index (χ1n) is 26.2. The highest BCUT2D eigenvalue weighted by Gasteiger charge is 2.47. The third-order valence-electron chi connectivity index (χ3n) is 12.3. The van der Waals surface area contributed by atoms with Crippen LogP contribution in [0.2, 0.25) is 0 Å². The summed E-state index contributed by atoms with van der Waals surface area (Å²) in [5.41, 5.74) is 0. The summed E-state index contributed by atoms with van der Waals surface area (Å²) in [7, 11) is 0. The number of unbranched alkanes of at least 4 members (excludes halogenated alkanes) is 19. The second-order valence-electron chi connectivity index (χ2n) is 18.3. The summed E-state index contributed by atoms with van der Waals surface area (Å²) in [6.45, 7) is 3.61. The van der Waals surface area contributed by atoms with Gasteiger partial charge < -0.3 is 64.2 Å². The van der Waals surface area contributed by atoms with Gasteiger partial charge in [0.1, 0.15) is 54.9 Å². The second kappa shape index (κ2) is 40.7. The molecule has 0 bridgehead atoms. The van der Waals surface area contributed by atoms with E-state index in [1.165, 1.54) is 70.6 Å². The zero-order valence-electron chi connectivity index (χ0n) is 41.4. The molecule has 14 nitrogen and oxygen atoms in total. The number of rotatable bonds is 41. The third-order valence-corrected chi connectivity index (χ3v) is 12.3. The Morgan fingerprint density at radius 3 is 1.43 bits per heavy atom. The third kappa shape index (κ3) is 28.4. The Bertz CT molecular complexity index is 1290. The molecule has 14 heteroatoms. The molecule has 0 aromatic carbocycles. The number of aliphatic hydroxyl groups is 7. The fourth-order valence-electron chi connectivity index (χ4n) is 7.99. The summed E-state index contributed by atoms with van der Waals surface area (Å²) in [6, 6.07) is 0. The number of carbonyl (C=O) groups is 1. The molecule has 2 saturated heterocycles. The van der Waals surface area contributed by atoms with Crippen LogP contribution in [-0.2, 0) is 33.2 Å². The van der Waals surface area contributed by atoms with Crippen LogP contribution in [0.1, 0.15) is 181 Å². The van der Waals surface area contributed by atoms with Gasteiger partial charge in [-0.05, 0) is 77.0 Å². The highest BCUT2D eigenvalue weighted by atomic mass is 16.7. The standard InChI is InChI=1S/C53H94O14/c1-3-5-7-9-11-13-15-17-19-21-23-25-27-29-31-33-35-37-62-39-42(65-45(55)36-34-32-30-28-26-24-22-20-18-16-14-12-10-8-6-4-2)40-63-52-51(61)49(59)47(57)44(67-52)41-64-53-50(60)48(58)46(56)43(38-54)66-53/h13-16,19-22,42-44,46-54,56-61H,3-12,17-18,23-41H2,1-2H3/b15-13-,16-14-,21-19-,22-20-. The fourth-order valence-corrected chi connectivity index (χ4v) is 7.99. The van der Waals surface area contributed by atoms with Gasteiger partial charge in [-0.3, -0.25) is 4.79 Å². The number of hydrogen-bond acceptors (Lipinski definition) is 14. The van der Waals surface area contributed by atoms with Crippen LogP contribution in [0.5, 0.6) is 0 Å². The molecule has 2 aliphatic rings. The first-order chi connectivity index (χ1) is 32.6. The number of ether oxygens (including phenoxy) is 6. The summed E-state index contributed by atoms with van der Waals surface area (Å²) >= 11 is 0. The molecule has 0 aromatic heterocycles. The van der Waals surface area contributed by atoms with E-state index in [2.05, 4.69) is 62.5 Å². The van der Waals surface area contributed by atoms with E-state index in [0.717, 1.165) is 83.5 Å². The van der Waals surface area contributed by atoms with Gasteiger partial charge in [0.15, 0.2) is 12.6 Å². The Labute approximate surface area is 403 Å². The van der Waals surface area contributed by atoms with Crippen molar-refractivity contribution in [2.75, 3.05) is 33.0 Å². The van der Waals surface area contributed by atoms with Gasteiger partial charge in [-0.15, -0.1) is 0 Å². The van der Waals surface area contributed by atoms with Gasteiger partial charge in [0.05, 0.1) is 26.4 Å². The summed E-state index contributed by atoms with van der Waals surface area (Å²) in [5.74, 6) is -0.394. The van der Waals surface area contributed by atoms with Crippen molar-refractivity contribution in [3.63, 3.8) is 0 Å². The molecule has 0 radical (unpaired) electrons. The molecule has 390 valence electrons. The van der Waals surface area contributed by atoms with Crippen LogP contribution in [0, 0.1) is 0 Å². The van der Waals surface area contributed by atoms with E-state index in [1.807, 2.05) is 0 Å². The number of esters is 1. The van der Waals surface area contributed by atoms with Crippen molar-refractivity contribution >= 4 is 5.97 Å². The van der Waals surface area contributed by atoms with E-state index in [0.29, 0.717) is 13.0 Å². The van der Waals surface area contributed by atoms with Crippen LogP contribution in [0.4, 0.5) is 0 Å². The van der Waals surface area contributed by atoms with Crippen molar-refractivity contribution in [2.24, 2.45) is 0 Å². The van der Waals surface area contributed by atoms with E-state index in [-0.39, 0.29) is 19.6 Å². The maximum atomic E-state index is 13.0. The quantitative estimate of drug-likeness (QED) is 0.0176. The molecule has 2 fully saturated rings. The number of hydrogen-bond donors (Lipinski definition) is 7. The maximum Gasteiger partial charge on any atom is 0.306 e. The highest BCUT2D eigenvalue weighted by molar-refractivity contribution is 5.69. The van der Waals surface area contributed by atoms with Crippen molar-refractivity contribution in [2.45, 2.75) is 248 Å². The first kappa shape index (κ1) is 61.1. The van der Waals surface area contributed by atoms with Gasteiger partial charge >= 0.3 is 5.97 Å². The summed E-state index contributed by atoms with van der Waals surface area (Å²) < 4.78 is 34.3. The Balaban J connectivity index is 1.78. The minimum atomic E-state index is -1.71. The lowest BCUT2D eigenvalue weighted by Crippen LogP contribution is -2.61. The van der Waals surface area contributed by atoms with Crippen molar-refractivity contribution in [3.8, 4) is 0 Å². The molecule has 0 aliphatic carbocycles. The van der Waals surface area contributed by atoms with E-state index in [1.54, 1.807) is 0 Å². The van der Waals surface area contributed by atoms with Gasteiger partial charge in [0.25, 0.3) is 0 Å². The van der Waals surface area contributed by atoms with Crippen LogP contribution >= 0.6 is 0 Å². The topological polar surface area (TPSA) is 214 Å². The van der Waals surface area contributed by atoms with Crippen molar-refractivity contribution in [1.29, 1.82) is 0 Å². The first-order valence-corrected chi connectivity index (χ1v) is 26.2. The van der Waals surface area contributed by atoms with Gasteiger partial charge in [0, 0.05) is 13.0 Å². The minimum Gasteiger partial charge on any atom is -0.457 e. The molecule has 0 amide bonds. The van der Waals surface area contributed by atoms with Crippen molar-refractivity contribution in [1.82, 2.24) is 0 Å². The predicted octanol–water partition coefficient (Wildman–Crippen LogP) is 7.96. The van der Waals surface area contributed by atoms with Crippen LogP contribution in [0.3, 0.4) is 0 Å². The summed E-state index contributed by atoms with van der Waals surface area (Å²) in [6.07, 6.45) is 30.2. The smallest absolute Gasteiger partial charge is 0.306 e. The highest BCUT2D eigenvalue weighted by Crippen LogP contribution is 2.26. The largest absolute Gasteiger partial charge is 0.457 e. The van der Waals surface area contributed by atoms with Crippen molar-refractivity contribution in [3.05, 3.63) is 48.6 Å². The predicted molar refractivity (Wildman–Crippen MR) is 261 cm³/mol. The SMILES string of the molecule is CCCCCC/C=C\C/C=C\CCCCCCCCOCC(COC1OC(COC2OC(CO)C(O)C(O)C2O)C(O)C(O)C1O)OC(=O)CCCCCCC/C=C\C/C=C\CCCCCC. The van der Waals surface area contributed by atoms with E-state index < -0.39 is 86.7 Å². The molecule has 11 atom stereocenters. The molecular weight excluding hydrogens is 861 g/mol. The van der Waals surface area contributed by atoms with Crippen LogP contribution in [0.15, 0.2) is 48.6 Å². The monoisotopic (exact) mass is 955 g/mol. The molecule has 2 heterocycles. The van der Waals surface area contributed by atoms with Gasteiger partial charge in [-0.2, -0.15) is 0 Å². The number of allylic oxidation sites excluding steroid dienone is 8. The molecule has 2 aliphatic heterocycles. The molecule has 2 rings (SSSR count). The Hall–Kier alpha value is -2.05. The summed E-state index contributed by atoms with van der Waals surface area (Å²) in [4.78, 5) is 13.0. The molecule has 11 unspecified atom stereocenters. The molecule has 7 N–H and O–H groups in total.